The Morgan fingerprint density at radius 2 is 0.966 bits per heavy atom. The molecule has 2 fully saturated rings. The van der Waals surface area contributed by atoms with E-state index in [1.165, 1.54) is 38.5 Å². The molecule has 0 spiro atoms. The fraction of sp³-hybridized carbons (Fsp3) is 0.455. The van der Waals surface area contributed by atoms with Gasteiger partial charge in [-0.05, 0) is 91.5 Å². The number of benzene rings is 4. The third kappa shape index (κ3) is 11.0. The molecular weight excluding hydrogens is 788 g/mol. The summed E-state index contributed by atoms with van der Waals surface area (Å²) in [6.45, 7) is 4.21. The number of hydrogen-bond donors (Lipinski definition) is 0. The Balaban J connectivity index is 0.000000221. The van der Waals surface area contributed by atoms with Gasteiger partial charge in [0, 0.05) is 24.3 Å². The zero-order valence-electron chi connectivity index (χ0n) is 31.9. The monoisotopic (exact) mass is 832 g/mol. The lowest BCUT2D eigenvalue weighted by Gasteiger charge is -2.39. The minimum atomic E-state index is -4.62. The van der Waals surface area contributed by atoms with Crippen LogP contribution in [0.3, 0.4) is 0 Å². The summed E-state index contributed by atoms with van der Waals surface area (Å²) in [4.78, 5) is 0. The minimum absolute atomic E-state index is 0.0199. The molecule has 0 unspecified atom stereocenters. The van der Waals surface area contributed by atoms with Crippen LogP contribution in [0.2, 0.25) is 0 Å². The van der Waals surface area contributed by atoms with E-state index < -0.39 is 81.7 Å². The molecule has 58 heavy (non-hydrogen) atoms. The molecule has 0 bridgehead atoms. The molecule has 14 heteroatoms. The third-order valence-corrected chi connectivity index (χ3v) is 11.1. The highest BCUT2D eigenvalue weighted by atomic mass is 19.3. The topological polar surface area (TPSA) is 18.5 Å². The Hall–Kier alpha value is -4.36. The normalized spacial score (nSPS) is 20.0. The van der Waals surface area contributed by atoms with Gasteiger partial charge < -0.3 is 9.47 Å². The highest BCUT2D eigenvalue weighted by Crippen LogP contribution is 2.46. The SMILES string of the molecule is CCCC1CCC(C2CCC(C(F)(F)Oc3cc(F)c(F)c(F)c3)CC2)CC1.CCCc1ccc(-c2cc(F)c(C(F)(F)Oc3cc(F)c(F)c(F)c3)c(F)c2)cc1. The van der Waals surface area contributed by atoms with Crippen LogP contribution in [0.1, 0.15) is 95.6 Å². The lowest BCUT2D eigenvalue weighted by molar-refractivity contribution is -0.224. The quantitative estimate of drug-likeness (QED) is 0.105. The molecule has 0 atom stereocenters. The van der Waals surface area contributed by atoms with Crippen molar-refractivity contribution in [3.8, 4) is 22.6 Å². The van der Waals surface area contributed by atoms with E-state index in [-0.39, 0.29) is 17.7 Å². The third-order valence-electron chi connectivity index (χ3n) is 11.1. The van der Waals surface area contributed by atoms with Crippen molar-refractivity contribution < 1.29 is 62.2 Å². The van der Waals surface area contributed by atoms with Gasteiger partial charge in [-0.1, -0.05) is 70.2 Å². The summed E-state index contributed by atoms with van der Waals surface area (Å²) in [5.74, 6) is -14.3. The molecule has 2 saturated carbocycles. The molecule has 2 aliphatic rings. The molecule has 0 amide bonds. The molecule has 0 saturated heterocycles. The first-order valence-corrected chi connectivity index (χ1v) is 19.4. The average molecular weight is 833 g/mol. The van der Waals surface area contributed by atoms with Gasteiger partial charge in [-0.2, -0.15) is 17.6 Å². The average Bonchev–Trinajstić information content (AvgIpc) is 3.16. The van der Waals surface area contributed by atoms with Crippen LogP contribution in [0.5, 0.6) is 11.5 Å². The molecule has 0 N–H and O–H groups in total. The lowest BCUT2D eigenvalue weighted by Crippen LogP contribution is -2.38. The van der Waals surface area contributed by atoms with Crippen molar-refractivity contribution >= 4 is 0 Å². The van der Waals surface area contributed by atoms with Gasteiger partial charge in [0.2, 0.25) is 0 Å². The highest BCUT2D eigenvalue weighted by molar-refractivity contribution is 5.64. The van der Waals surface area contributed by atoms with Crippen LogP contribution in [0.4, 0.5) is 52.7 Å². The Bertz CT molecular complexity index is 1920. The van der Waals surface area contributed by atoms with E-state index in [1.807, 2.05) is 6.92 Å². The summed E-state index contributed by atoms with van der Waals surface area (Å²) >= 11 is 0. The van der Waals surface area contributed by atoms with E-state index in [0.717, 1.165) is 37.2 Å². The van der Waals surface area contributed by atoms with Crippen LogP contribution in [-0.4, -0.2) is 6.11 Å². The summed E-state index contributed by atoms with van der Waals surface area (Å²) in [5.41, 5.74) is -0.297. The van der Waals surface area contributed by atoms with Crippen molar-refractivity contribution in [2.24, 2.45) is 23.7 Å². The van der Waals surface area contributed by atoms with Gasteiger partial charge in [0.1, 0.15) is 28.7 Å². The molecule has 0 heterocycles. The maximum atomic E-state index is 14.5. The van der Waals surface area contributed by atoms with Gasteiger partial charge in [0.25, 0.3) is 0 Å². The van der Waals surface area contributed by atoms with Crippen molar-refractivity contribution in [1.82, 2.24) is 0 Å². The lowest BCUT2D eigenvalue weighted by atomic mass is 9.68. The summed E-state index contributed by atoms with van der Waals surface area (Å²) in [6.07, 6.45) is 3.11. The molecule has 0 aliphatic heterocycles. The van der Waals surface area contributed by atoms with E-state index in [2.05, 4.69) is 16.4 Å². The number of hydrogen-bond acceptors (Lipinski definition) is 2. The first kappa shape index (κ1) is 44.7. The molecular formula is C44H44F12O2. The zero-order chi connectivity index (χ0) is 42.4. The van der Waals surface area contributed by atoms with Gasteiger partial charge >= 0.3 is 12.2 Å². The minimum Gasteiger partial charge on any atom is -0.432 e. The first-order chi connectivity index (χ1) is 27.4. The largest absolute Gasteiger partial charge is 0.432 e. The molecule has 2 nitrogen and oxygen atoms in total. The van der Waals surface area contributed by atoms with Gasteiger partial charge in [0.15, 0.2) is 34.9 Å². The van der Waals surface area contributed by atoms with Crippen molar-refractivity contribution in [2.75, 3.05) is 0 Å². The first-order valence-electron chi connectivity index (χ1n) is 19.4. The van der Waals surface area contributed by atoms with E-state index in [9.17, 15) is 52.7 Å². The second-order valence-corrected chi connectivity index (χ2v) is 15.1. The van der Waals surface area contributed by atoms with Crippen LogP contribution < -0.4 is 9.47 Å². The second kappa shape index (κ2) is 19.1. The van der Waals surface area contributed by atoms with Crippen molar-refractivity contribution in [3.05, 3.63) is 118 Å². The molecule has 0 aromatic heterocycles. The van der Waals surface area contributed by atoms with Gasteiger partial charge in [0.05, 0.1) is 5.92 Å². The molecule has 2 aliphatic carbocycles. The number of ether oxygens (including phenoxy) is 2. The molecule has 0 radical (unpaired) electrons. The summed E-state index contributed by atoms with van der Waals surface area (Å²) < 4.78 is 174. The molecule has 6 rings (SSSR count). The predicted molar refractivity (Wildman–Crippen MR) is 194 cm³/mol. The Morgan fingerprint density at radius 1 is 0.517 bits per heavy atom. The second-order valence-electron chi connectivity index (χ2n) is 15.1. The van der Waals surface area contributed by atoms with Crippen molar-refractivity contribution in [3.63, 3.8) is 0 Å². The van der Waals surface area contributed by atoms with E-state index in [0.29, 0.717) is 54.5 Å². The van der Waals surface area contributed by atoms with E-state index >= 15 is 0 Å². The van der Waals surface area contributed by atoms with Crippen LogP contribution >= 0.6 is 0 Å². The predicted octanol–water partition coefficient (Wildman–Crippen LogP) is 14.6. The van der Waals surface area contributed by atoms with E-state index in [1.54, 1.807) is 24.3 Å². The number of alkyl halides is 4. The van der Waals surface area contributed by atoms with Gasteiger partial charge in [-0.25, -0.2) is 35.1 Å². The maximum absolute atomic E-state index is 14.5. The Kier molecular flexibility index (Phi) is 14.8. The van der Waals surface area contributed by atoms with Crippen molar-refractivity contribution in [1.29, 1.82) is 0 Å². The number of rotatable bonds is 12. The molecule has 4 aromatic carbocycles. The number of aryl methyl sites for hydroxylation is 1. The Morgan fingerprint density at radius 3 is 1.41 bits per heavy atom. The van der Waals surface area contributed by atoms with Crippen LogP contribution in [-0.2, 0) is 12.5 Å². The molecule has 4 aromatic rings. The Labute approximate surface area is 329 Å². The standard InChI is InChI=1S/C22H15F7O.C22H29F5O/c1-2-3-12-4-6-13(7-5-12)14-8-16(23)20(17(24)9-14)22(28,29)30-15-10-18(25)21(27)19(26)11-15;1-2-3-14-4-6-15(7-5-14)16-8-10-17(11-9-16)22(26,27)28-18-12-19(23)21(25)20(24)13-18/h4-11H,2-3H2,1H3;12-17H,2-11H2,1H3. The van der Waals surface area contributed by atoms with E-state index in [4.69, 9.17) is 0 Å². The summed E-state index contributed by atoms with van der Waals surface area (Å²) in [7, 11) is 0. The maximum Gasteiger partial charge on any atom is 0.432 e. The fourth-order valence-corrected chi connectivity index (χ4v) is 8.08. The molecule has 316 valence electrons. The summed E-state index contributed by atoms with van der Waals surface area (Å²) in [5, 5.41) is 0. The van der Waals surface area contributed by atoms with Crippen LogP contribution in [0.15, 0.2) is 60.7 Å². The van der Waals surface area contributed by atoms with Gasteiger partial charge in [-0.15, -0.1) is 0 Å². The smallest absolute Gasteiger partial charge is 0.432 e. The van der Waals surface area contributed by atoms with Crippen LogP contribution in [0, 0.1) is 70.2 Å². The zero-order valence-corrected chi connectivity index (χ0v) is 31.9. The fourth-order valence-electron chi connectivity index (χ4n) is 8.08. The number of halogens is 12. The van der Waals surface area contributed by atoms with Gasteiger partial charge in [-0.3, -0.25) is 0 Å². The van der Waals surface area contributed by atoms with Crippen molar-refractivity contribution in [2.45, 2.75) is 103 Å². The van der Waals surface area contributed by atoms with Crippen LogP contribution in [0.25, 0.3) is 11.1 Å². The highest BCUT2D eigenvalue weighted by Gasteiger charge is 2.45. The summed E-state index contributed by atoms with van der Waals surface area (Å²) in [6, 6.07) is 9.37.